The van der Waals surface area contributed by atoms with Crippen molar-refractivity contribution in [3.8, 4) is 0 Å². The molecule has 0 aromatic heterocycles. The molecular weight excluding hydrogens is 190 g/mol. The summed E-state index contributed by atoms with van der Waals surface area (Å²) < 4.78 is 0. The van der Waals surface area contributed by atoms with Crippen LogP contribution in [0.4, 0.5) is 0 Å². The van der Waals surface area contributed by atoms with E-state index in [0.29, 0.717) is 18.8 Å². The molecule has 1 rings (SSSR count). The SMILES string of the molecule is CC(=O)N1CCSCC(C(=O)O)C1. The van der Waals surface area contributed by atoms with Crippen LogP contribution in [0.5, 0.6) is 0 Å². The van der Waals surface area contributed by atoms with Gasteiger partial charge in [0.15, 0.2) is 0 Å². The van der Waals surface area contributed by atoms with E-state index in [-0.39, 0.29) is 5.91 Å². The molecule has 1 fully saturated rings. The van der Waals surface area contributed by atoms with Gasteiger partial charge in [0.25, 0.3) is 0 Å². The number of hydrogen-bond acceptors (Lipinski definition) is 3. The first-order valence-corrected chi connectivity index (χ1v) is 5.33. The van der Waals surface area contributed by atoms with Crippen LogP contribution in [0.2, 0.25) is 0 Å². The van der Waals surface area contributed by atoms with Gasteiger partial charge in [-0.05, 0) is 0 Å². The Kier molecular flexibility index (Phi) is 3.59. The zero-order valence-electron chi connectivity index (χ0n) is 7.52. The lowest BCUT2D eigenvalue weighted by atomic mass is 10.1. The lowest BCUT2D eigenvalue weighted by Crippen LogP contribution is -2.36. The number of aliphatic carboxylic acids is 1. The van der Waals surface area contributed by atoms with Gasteiger partial charge >= 0.3 is 5.97 Å². The van der Waals surface area contributed by atoms with E-state index in [1.165, 1.54) is 6.92 Å². The van der Waals surface area contributed by atoms with Gasteiger partial charge in [-0.15, -0.1) is 0 Å². The van der Waals surface area contributed by atoms with Crippen LogP contribution in [0, 0.1) is 5.92 Å². The number of carboxylic acid groups (broad SMARTS) is 1. The Bertz CT molecular complexity index is 197. The van der Waals surface area contributed by atoms with Crippen molar-refractivity contribution >= 4 is 23.6 Å². The van der Waals surface area contributed by atoms with Crippen molar-refractivity contribution in [2.75, 3.05) is 24.6 Å². The number of carbonyl (C=O) groups is 2. The van der Waals surface area contributed by atoms with Crippen LogP contribution < -0.4 is 0 Å². The van der Waals surface area contributed by atoms with Crippen LogP contribution >= 0.6 is 11.8 Å². The summed E-state index contributed by atoms with van der Waals surface area (Å²) in [5.41, 5.74) is 0. The largest absolute Gasteiger partial charge is 0.481 e. The molecular formula is C8H13NO3S. The van der Waals surface area contributed by atoms with E-state index in [4.69, 9.17) is 5.11 Å². The number of rotatable bonds is 1. The molecule has 5 heteroatoms. The molecule has 1 N–H and O–H groups in total. The van der Waals surface area contributed by atoms with Crippen molar-refractivity contribution < 1.29 is 14.7 Å². The minimum absolute atomic E-state index is 0.0336. The predicted octanol–water partition coefficient (Wildman–Crippen LogP) is 0.283. The van der Waals surface area contributed by atoms with Crippen LogP contribution in [0.25, 0.3) is 0 Å². The van der Waals surface area contributed by atoms with E-state index in [2.05, 4.69) is 0 Å². The van der Waals surface area contributed by atoms with Gasteiger partial charge in [0, 0.05) is 31.5 Å². The van der Waals surface area contributed by atoms with E-state index < -0.39 is 11.9 Å². The Labute approximate surface area is 81.3 Å². The van der Waals surface area contributed by atoms with E-state index in [0.717, 1.165) is 5.75 Å². The quantitative estimate of drug-likeness (QED) is 0.665. The first-order chi connectivity index (χ1) is 6.11. The fourth-order valence-electron chi connectivity index (χ4n) is 1.25. The maximum Gasteiger partial charge on any atom is 0.309 e. The fraction of sp³-hybridized carbons (Fsp3) is 0.750. The van der Waals surface area contributed by atoms with Gasteiger partial charge in [-0.2, -0.15) is 11.8 Å². The standard InChI is InChI=1S/C8H13NO3S/c1-6(10)9-2-3-13-5-7(4-9)8(11)12/h7H,2-5H2,1H3,(H,11,12). The summed E-state index contributed by atoms with van der Waals surface area (Å²) in [6, 6.07) is 0. The number of thioether (sulfide) groups is 1. The van der Waals surface area contributed by atoms with Crippen molar-refractivity contribution in [3.63, 3.8) is 0 Å². The van der Waals surface area contributed by atoms with Crippen molar-refractivity contribution in [2.24, 2.45) is 5.92 Å². The molecule has 0 spiro atoms. The van der Waals surface area contributed by atoms with E-state index in [9.17, 15) is 9.59 Å². The summed E-state index contributed by atoms with van der Waals surface area (Å²) >= 11 is 1.60. The summed E-state index contributed by atoms with van der Waals surface area (Å²) in [5, 5.41) is 8.81. The molecule has 1 amide bonds. The van der Waals surface area contributed by atoms with E-state index in [1.807, 2.05) is 0 Å². The molecule has 4 nitrogen and oxygen atoms in total. The summed E-state index contributed by atoms with van der Waals surface area (Å²) in [5.74, 6) is 0.202. The normalized spacial score (nSPS) is 23.8. The Morgan fingerprint density at radius 2 is 2.23 bits per heavy atom. The molecule has 0 bridgehead atoms. The number of nitrogens with zero attached hydrogens (tertiary/aromatic N) is 1. The Morgan fingerprint density at radius 3 is 2.77 bits per heavy atom. The third-order valence-electron chi connectivity index (χ3n) is 2.06. The molecule has 1 atom stereocenters. The summed E-state index contributed by atoms with van der Waals surface area (Å²) in [6.07, 6.45) is 0. The fourth-order valence-corrected chi connectivity index (χ4v) is 2.29. The molecule has 74 valence electrons. The average Bonchev–Trinajstić information content (AvgIpc) is 2.28. The first-order valence-electron chi connectivity index (χ1n) is 4.17. The van der Waals surface area contributed by atoms with Crippen molar-refractivity contribution in [1.82, 2.24) is 4.90 Å². The second-order valence-corrected chi connectivity index (χ2v) is 4.22. The van der Waals surface area contributed by atoms with Gasteiger partial charge in [0.2, 0.25) is 5.91 Å². The number of carbonyl (C=O) groups excluding carboxylic acids is 1. The molecule has 1 saturated heterocycles. The summed E-state index contributed by atoms with van der Waals surface area (Å²) in [6.45, 7) is 2.51. The van der Waals surface area contributed by atoms with Crippen LogP contribution in [0.1, 0.15) is 6.92 Å². The smallest absolute Gasteiger partial charge is 0.309 e. The van der Waals surface area contributed by atoms with Crippen LogP contribution in [0.15, 0.2) is 0 Å². The molecule has 1 aliphatic rings. The zero-order chi connectivity index (χ0) is 9.84. The minimum atomic E-state index is -0.805. The van der Waals surface area contributed by atoms with Crippen LogP contribution in [-0.2, 0) is 9.59 Å². The van der Waals surface area contributed by atoms with Gasteiger partial charge in [0.1, 0.15) is 0 Å². The average molecular weight is 203 g/mol. The van der Waals surface area contributed by atoms with Crippen LogP contribution in [-0.4, -0.2) is 46.5 Å². The maximum absolute atomic E-state index is 11.0. The topological polar surface area (TPSA) is 57.6 Å². The van der Waals surface area contributed by atoms with Gasteiger partial charge in [0.05, 0.1) is 5.92 Å². The zero-order valence-corrected chi connectivity index (χ0v) is 8.34. The highest BCUT2D eigenvalue weighted by Gasteiger charge is 2.24. The van der Waals surface area contributed by atoms with Crippen molar-refractivity contribution in [3.05, 3.63) is 0 Å². The third-order valence-corrected chi connectivity index (χ3v) is 3.17. The Balaban J connectivity index is 2.59. The highest BCUT2D eigenvalue weighted by Crippen LogP contribution is 2.15. The van der Waals surface area contributed by atoms with E-state index in [1.54, 1.807) is 16.7 Å². The van der Waals surface area contributed by atoms with Gasteiger partial charge in [-0.1, -0.05) is 0 Å². The van der Waals surface area contributed by atoms with Crippen LogP contribution in [0.3, 0.4) is 0 Å². The Hall–Kier alpha value is -0.710. The lowest BCUT2D eigenvalue weighted by molar-refractivity contribution is -0.142. The molecule has 0 aromatic carbocycles. The third kappa shape index (κ3) is 2.91. The van der Waals surface area contributed by atoms with Crippen molar-refractivity contribution in [2.45, 2.75) is 6.92 Å². The second kappa shape index (κ2) is 4.50. The highest BCUT2D eigenvalue weighted by molar-refractivity contribution is 7.99. The molecule has 1 heterocycles. The molecule has 1 unspecified atom stereocenters. The van der Waals surface area contributed by atoms with Gasteiger partial charge < -0.3 is 10.0 Å². The minimum Gasteiger partial charge on any atom is -0.481 e. The second-order valence-electron chi connectivity index (χ2n) is 3.08. The van der Waals surface area contributed by atoms with Crippen molar-refractivity contribution in [1.29, 1.82) is 0 Å². The predicted molar refractivity (Wildman–Crippen MR) is 50.7 cm³/mol. The molecule has 0 radical (unpaired) electrons. The Morgan fingerprint density at radius 1 is 1.54 bits per heavy atom. The van der Waals surface area contributed by atoms with Gasteiger partial charge in [-0.25, -0.2) is 0 Å². The molecule has 0 saturated carbocycles. The summed E-state index contributed by atoms with van der Waals surface area (Å²) in [4.78, 5) is 23.4. The monoisotopic (exact) mass is 203 g/mol. The van der Waals surface area contributed by atoms with Gasteiger partial charge in [-0.3, -0.25) is 9.59 Å². The lowest BCUT2D eigenvalue weighted by Gasteiger charge is -2.20. The maximum atomic E-state index is 11.0. The van der Waals surface area contributed by atoms with E-state index >= 15 is 0 Å². The highest BCUT2D eigenvalue weighted by atomic mass is 32.2. The number of carboxylic acids is 1. The first kappa shape index (κ1) is 10.4. The molecule has 1 aliphatic heterocycles. The molecule has 0 aromatic rings. The molecule has 0 aliphatic carbocycles. The molecule has 13 heavy (non-hydrogen) atoms. The number of amides is 1. The summed E-state index contributed by atoms with van der Waals surface area (Å²) in [7, 11) is 0. The number of hydrogen-bond donors (Lipinski definition) is 1.